The second-order valence-electron chi connectivity index (χ2n) is 4.51. The molecule has 20 heavy (non-hydrogen) atoms. The fraction of sp³-hybridized carbons (Fsp3) is 0.286. The normalized spacial score (nSPS) is 10.6. The van der Waals surface area contributed by atoms with E-state index in [0.717, 1.165) is 4.88 Å². The molecule has 1 aromatic carbocycles. The van der Waals surface area contributed by atoms with Gasteiger partial charge in [-0.1, -0.05) is 12.1 Å². The molecule has 2 rings (SSSR count). The van der Waals surface area contributed by atoms with E-state index in [2.05, 4.69) is 5.32 Å². The van der Waals surface area contributed by atoms with E-state index < -0.39 is 4.92 Å². The van der Waals surface area contributed by atoms with Gasteiger partial charge in [0.15, 0.2) is 5.75 Å². The lowest BCUT2D eigenvalue weighted by atomic mass is 10.2. The lowest BCUT2D eigenvalue weighted by Crippen LogP contribution is -2.09. The summed E-state index contributed by atoms with van der Waals surface area (Å²) in [6, 6.07) is 9.00. The summed E-state index contributed by atoms with van der Waals surface area (Å²) >= 11 is 1.61. The van der Waals surface area contributed by atoms with Crippen LogP contribution in [0.4, 0.5) is 11.4 Å². The number of ether oxygens (including phenoxy) is 1. The van der Waals surface area contributed by atoms with Crippen molar-refractivity contribution in [3.63, 3.8) is 0 Å². The Balaban J connectivity index is 2.24. The van der Waals surface area contributed by atoms with Crippen LogP contribution in [0.15, 0.2) is 35.7 Å². The number of hydrogen-bond acceptors (Lipinski definition) is 5. The van der Waals surface area contributed by atoms with Crippen molar-refractivity contribution in [2.75, 3.05) is 5.32 Å². The lowest BCUT2D eigenvalue weighted by molar-refractivity contribution is -0.385. The molecule has 1 N–H and O–H groups in total. The zero-order valence-electron chi connectivity index (χ0n) is 11.3. The maximum atomic E-state index is 11.3. The number of nitrogens with one attached hydrogen (secondary N) is 1. The number of rotatable bonds is 6. The third kappa shape index (κ3) is 3.48. The van der Waals surface area contributed by atoms with Crippen molar-refractivity contribution in [3.8, 4) is 5.75 Å². The average molecular weight is 292 g/mol. The summed E-state index contributed by atoms with van der Waals surface area (Å²) in [6.45, 7) is 4.24. The molecular weight excluding hydrogens is 276 g/mol. The Morgan fingerprint density at radius 1 is 1.35 bits per heavy atom. The molecule has 0 saturated carbocycles. The molecule has 1 heterocycles. The van der Waals surface area contributed by atoms with E-state index in [1.807, 2.05) is 31.4 Å². The number of thiophene rings is 1. The standard InChI is InChI=1S/C14H16N2O3S/c1-10(2)19-13-7-3-6-12(14(13)16(17)18)15-9-11-5-4-8-20-11/h3-8,10,15H,9H2,1-2H3. The zero-order chi connectivity index (χ0) is 14.5. The molecule has 0 aliphatic heterocycles. The van der Waals surface area contributed by atoms with Crippen molar-refractivity contribution in [3.05, 3.63) is 50.7 Å². The third-order valence-corrected chi connectivity index (χ3v) is 3.45. The quantitative estimate of drug-likeness (QED) is 0.644. The van der Waals surface area contributed by atoms with Gasteiger partial charge in [-0.3, -0.25) is 10.1 Å². The molecule has 0 aliphatic rings. The molecule has 0 saturated heterocycles. The molecule has 0 amide bonds. The van der Waals surface area contributed by atoms with Gasteiger partial charge in [-0.05, 0) is 37.4 Å². The second kappa shape index (κ2) is 6.38. The number of hydrogen-bond donors (Lipinski definition) is 1. The van der Waals surface area contributed by atoms with E-state index in [9.17, 15) is 10.1 Å². The maximum Gasteiger partial charge on any atom is 0.333 e. The minimum absolute atomic E-state index is 0.0160. The Kier molecular flexibility index (Phi) is 4.57. The highest BCUT2D eigenvalue weighted by Gasteiger charge is 2.21. The van der Waals surface area contributed by atoms with Gasteiger partial charge in [0.2, 0.25) is 0 Å². The van der Waals surface area contributed by atoms with Crippen LogP contribution in [-0.2, 0) is 6.54 Å². The topological polar surface area (TPSA) is 64.4 Å². The molecule has 0 atom stereocenters. The SMILES string of the molecule is CC(C)Oc1cccc(NCc2cccs2)c1[N+](=O)[O-]. The highest BCUT2D eigenvalue weighted by molar-refractivity contribution is 7.09. The highest BCUT2D eigenvalue weighted by Crippen LogP contribution is 2.35. The van der Waals surface area contributed by atoms with Gasteiger partial charge in [0, 0.05) is 11.4 Å². The van der Waals surface area contributed by atoms with Crippen molar-refractivity contribution >= 4 is 22.7 Å². The van der Waals surface area contributed by atoms with Gasteiger partial charge in [-0.25, -0.2) is 0 Å². The summed E-state index contributed by atoms with van der Waals surface area (Å²) in [7, 11) is 0. The van der Waals surface area contributed by atoms with Crippen LogP contribution in [0.1, 0.15) is 18.7 Å². The molecule has 0 spiro atoms. The summed E-state index contributed by atoms with van der Waals surface area (Å²) in [5.41, 5.74) is 0.458. The summed E-state index contributed by atoms with van der Waals surface area (Å²) in [6.07, 6.45) is -0.110. The fourth-order valence-electron chi connectivity index (χ4n) is 1.80. The van der Waals surface area contributed by atoms with E-state index in [1.165, 1.54) is 0 Å². The van der Waals surface area contributed by atoms with E-state index in [4.69, 9.17) is 4.74 Å². The summed E-state index contributed by atoms with van der Waals surface area (Å²) < 4.78 is 5.51. The Hall–Kier alpha value is -2.08. The fourth-order valence-corrected chi connectivity index (χ4v) is 2.44. The van der Waals surface area contributed by atoms with Gasteiger partial charge in [0.05, 0.1) is 11.0 Å². The van der Waals surface area contributed by atoms with Crippen molar-refractivity contribution in [2.45, 2.75) is 26.5 Å². The lowest BCUT2D eigenvalue weighted by Gasteiger charge is -2.12. The zero-order valence-corrected chi connectivity index (χ0v) is 12.1. The first-order valence-electron chi connectivity index (χ1n) is 6.28. The number of para-hydroxylation sites is 1. The third-order valence-electron chi connectivity index (χ3n) is 2.58. The maximum absolute atomic E-state index is 11.3. The Morgan fingerprint density at radius 3 is 2.75 bits per heavy atom. The first kappa shape index (κ1) is 14.3. The highest BCUT2D eigenvalue weighted by atomic mass is 32.1. The average Bonchev–Trinajstić information content (AvgIpc) is 2.88. The number of nitro groups is 1. The number of nitro benzene ring substituents is 1. The number of nitrogens with zero attached hydrogens (tertiary/aromatic N) is 1. The van der Waals surface area contributed by atoms with Crippen molar-refractivity contribution in [1.82, 2.24) is 0 Å². The van der Waals surface area contributed by atoms with Crippen LogP contribution >= 0.6 is 11.3 Å². The molecule has 6 heteroatoms. The van der Waals surface area contributed by atoms with Crippen LogP contribution in [0.5, 0.6) is 5.75 Å². The van der Waals surface area contributed by atoms with E-state index >= 15 is 0 Å². The van der Waals surface area contributed by atoms with Gasteiger partial charge in [0.1, 0.15) is 5.69 Å². The largest absolute Gasteiger partial charge is 0.484 e. The van der Waals surface area contributed by atoms with E-state index in [0.29, 0.717) is 18.0 Å². The van der Waals surface area contributed by atoms with Crippen LogP contribution in [-0.4, -0.2) is 11.0 Å². The van der Waals surface area contributed by atoms with Gasteiger partial charge < -0.3 is 10.1 Å². The van der Waals surface area contributed by atoms with E-state index in [1.54, 1.807) is 29.5 Å². The monoisotopic (exact) mass is 292 g/mol. The molecule has 0 fully saturated rings. The molecule has 5 nitrogen and oxygen atoms in total. The summed E-state index contributed by atoms with van der Waals surface area (Å²) in [5, 5.41) is 16.3. The summed E-state index contributed by atoms with van der Waals surface area (Å²) in [4.78, 5) is 12.0. The Morgan fingerprint density at radius 2 is 2.15 bits per heavy atom. The van der Waals surface area contributed by atoms with Crippen molar-refractivity contribution < 1.29 is 9.66 Å². The van der Waals surface area contributed by atoms with Crippen molar-refractivity contribution in [1.29, 1.82) is 0 Å². The first-order valence-corrected chi connectivity index (χ1v) is 7.16. The minimum atomic E-state index is -0.408. The van der Waals surface area contributed by atoms with Crippen LogP contribution < -0.4 is 10.1 Å². The van der Waals surface area contributed by atoms with Crippen molar-refractivity contribution in [2.24, 2.45) is 0 Å². The Bertz CT molecular complexity index is 582. The van der Waals surface area contributed by atoms with Crippen LogP contribution in [0.3, 0.4) is 0 Å². The molecule has 0 aliphatic carbocycles. The van der Waals surface area contributed by atoms with Gasteiger partial charge in [-0.2, -0.15) is 0 Å². The minimum Gasteiger partial charge on any atom is -0.484 e. The second-order valence-corrected chi connectivity index (χ2v) is 5.54. The molecule has 1 aromatic heterocycles. The molecule has 0 unspecified atom stereocenters. The molecular formula is C14H16N2O3S. The number of benzene rings is 1. The first-order chi connectivity index (χ1) is 9.58. The van der Waals surface area contributed by atoms with Gasteiger partial charge >= 0.3 is 5.69 Å². The predicted octanol–water partition coefficient (Wildman–Crippen LogP) is 4.06. The van der Waals surface area contributed by atoms with Gasteiger partial charge in [-0.15, -0.1) is 11.3 Å². The Labute approximate surface area is 121 Å². The molecule has 0 bridgehead atoms. The van der Waals surface area contributed by atoms with Crippen LogP contribution in [0, 0.1) is 10.1 Å². The van der Waals surface area contributed by atoms with Crippen LogP contribution in [0.2, 0.25) is 0 Å². The molecule has 106 valence electrons. The molecule has 2 aromatic rings. The predicted molar refractivity (Wildman–Crippen MR) is 80.5 cm³/mol. The van der Waals surface area contributed by atoms with E-state index in [-0.39, 0.29) is 11.8 Å². The smallest absolute Gasteiger partial charge is 0.333 e. The molecule has 0 radical (unpaired) electrons. The summed E-state index contributed by atoms with van der Waals surface area (Å²) in [5.74, 6) is 0.293. The number of anilines is 1. The van der Waals surface area contributed by atoms with Gasteiger partial charge in [0.25, 0.3) is 0 Å². The van der Waals surface area contributed by atoms with Crippen LogP contribution in [0.25, 0.3) is 0 Å².